The number of carbonyl (C=O) groups is 1. The smallest absolute Gasteiger partial charge is 0.237 e. The van der Waals surface area contributed by atoms with Gasteiger partial charge in [0.2, 0.25) is 5.91 Å². The lowest BCUT2D eigenvalue weighted by molar-refractivity contribution is -0.115. The largest absolute Gasteiger partial charge is 0.497 e. The molecule has 2 aromatic heterocycles. The second-order valence-electron chi connectivity index (χ2n) is 8.63. The SMILES string of the molecule is CCn1c2ccccc2c2cc(NC(=O)C(C)Sc3nc(-c4ccc(OC)cc4)ccc3C#N)ccc21. The number of benzene rings is 3. The molecule has 2 heterocycles. The van der Waals surface area contributed by atoms with Gasteiger partial charge in [-0.2, -0.15) is 5.26 Å². The summed E-state index contributed by atoms with van der Waals surface area (Å²) in [5.74, 6) is 0.610. The number of fused-ring (bicyclic) bond motifs is 3. The third-order valence-corrected chi connectivity index (χ3v) is 7.48. The van der Waals surface area contributed by atoms with E-state index in [4.69, 9.17) is 9.72 Å². The number of nitrogens with zero attached hydrogens (tertiary/aromatic N) is 3. The average Bonchev–Trinajstić information content (AvgIpc) is 3.26. The first-order valence-corrected chi connectivity index (χ1v) is 12.9. The van der Waals surface area contributed by atoms with Gasteiger partial charge in [-0.15, -0.1) is 0 Å². The Morgan fingerprint density at radius 1 is 1.05 bits per heavy atom. The quantitative estimate of drug-likeness (QED) is 0.244. The van der Waals surface area contributed by atoms with Crippen LogP contribution in [0, 0.1) is 11.3 Å². The highest BCUT2D eigenvalue weighted by Crippen LogP contribution is 2.32. The fourth-order valence-corrected chi connectivity index (χ4v) is 5.37. The molecule has 0 saturated carbocycles. The van der Waals surface area contributed by atoms with Gasteiger partial charge in [-0.05, 0) is 74.5 Å². The molecule has 7 heteroatoms. The number of aryl methyl sites for hydroxylation is 1. The summed E-state index contributed by atoms with van der Waals surface area (Å²) in [6.45, 7) is 4.82. The fraction of sp³-hybridized carbons (Fsp3) is 0.167. The summed E-state index contributed by atoms with van der Waals surface area (Å²) >= 11 is 1.28. The third kappa shape index (κ3) is 4.76. The van der Waals surface area contributed by atoms with Gasteiger partial charge in [-0.3, -0.25) is 4.79 Å². The Kier molecular flexibility index (Phi) is 6.85. The number of hydrogen-bond acceptors (Lipinski definition) is 5. The van der Waals surface area contributed by atoms with E-state index in [2.05, 4.69) is 41.1 Å². The van der Waals surface area contributed by atoms with Crippen molar-refractivity contribution >= 4 is 45.2 Å². The van der Waals surface area contributed by atoms with Crippen molar-refractivity contribution in [3.8, 4) is 23.1 Å². The number of para-hydroxylation sites is 1. The summed E-state index contributed by atoms with van der Waals surface area (Å²) in [5.41, 5.74) is 5.14. The van der Waals surface area contributed by atoms with E-state index in [1.165, 1.54) is 17.3 Å². The lowest BCUT2D eigenvalue weighted by atomic mass is 10.1. The van der Waals surface area contributed by atoms with Crippen molar-refractivity contribution in [3.05, 3.63) is 84.4 Å². The molecule has 0 saturated heterocycles. The molecular formula is C30H26N4O2S. The second-order valence-corrected chi connectivity index (χ2v) is 9.96. The highest BCUT2D eigenvalue weighted by atomic mass is 32.2. The molecule has 1 amide bonds. The first-order chi connectivity index (χ1) is 18.0. The van der Waals surface area contributed by atoms with Gasteiger partial charge >= 0.3 is 0 Å². The number of aromatic nitrogens is 2. The number of hydrogen-bond donors (Lipinski definition) is 1. The lowest BCUT2D eigenvalue weighted by Gasteiger charge is -2.14. The number of thioether (sulfide) groups is 1. The van der Waals surface area contributed by atoms with Crippen LogP contribution in [0.2, 0.25) is 0 Å². The summed E-state index contributed by atoms with van der Waals surface area (Å²) < 4.78 is 7.51. The average molecular weight is 507 g/mol. The van der Waals surface area contributed by atoms with Gasteiger partial charge in [0.15, 0.2) is 0 Å². The summed E-state index contributed by atoms with van der Waals surface area (Å²) in [7, 11) is 1.62. The van der Waals surface area contributed by atoms with Crippen LogP contribution in [0.3, 0.4) is 0 Å². The summed E-state index contributed by atoms with van der Waals surface area (Å²) in [6, 6.07) is 27.7. The second kappa shape index (κ2) is 10.4. The summed E-state index contributed by atoms with van der Waals surface area (Å²) in [4.78, 5) is 17.8. The molecule has 184 valence electrons. The first-order valence-electron chi connectivity index (χ1n) is 12.1. The van der Waals surface area contributed by atoms with E-state index in [1.54, 1.807) is 13.2 Å². The van der Waals surface area contributed by atoms with Crippen molar-refractivity contribution in [3.63, 3.8) is 0 Å². The number of rotatable bonds is 7. The molecule has 0 bridgehead atoms. The van der Waals surface area contributed by atoms with Crippen LogP contribution >= 0.6 is 11.8 Å². The van der Waals surface area contributed by atoms with Crippen molar-refractivity contribution < 1.29 is 9.53 Å². The fourth-order valence-electron chi connectivity index (χ4n) is 4.47. The van der Waals surface area contributed by atoms with Crippen molar-refractivity contribution in [1.82, 2.24) is 9.55 Å². The van der Waals surface area contributed by atoms with E-state index in [0.717, 1.165) is 45.5 Å². The van der Waals surface area contributed by atoms with Crippen LogP contribution in [0.15, 0.2) is 83.9 Å². The van der Waals surface area contributed by atoms with Crippen LogP contribution in [0.25, 0.3) is 33.1 Å². The molecule has 1 atom stereocenters. The molecule has 3 aromatic carbocycles. The van der Waals surface area contributed by atoms with E-state index in [-0.39, 0.29) is 5.91 Å². The van der Waals surface area contributed by atoms with E-state index in [0.29, 0.717) is 10.6 Å². The van der Waals surface area contributed by atoms with Crippen LogP contribution in [0.4, 0.5) is 5.69 Å². The normalized spacial score (nSPS) is 11.8. The Bertz CT molecular complexity index is 1650. The molecule has 5 rings (SSSR count). The maximum Gasteiger partial charge on any atom is 0.237 e. The van der Waals surface area contributed by atoms with Gasteiger partial charge in [0, 0.05) is 39.6 Å². The predicted molar refractivity (Wildman–Crippen MR) is 150 cm³/mol. The molecule has 37 heavy (non-hydrogen) atoms. The minimum absolute atomic E-state index is 0.149. The topological polar surface area (TPSA) is 79.9 Å². The Morgan fingerprint density at radius 3 is 2.54 bits per heavy atom. The van der Waals surface area contributed by atoms with E-state index >= 15 is 0 Å². The lowest BCUT2D eigenvalue weighted by Crippen LogP contribution is -2.22. The number of nitrogens with one attached hydrogen (secondary N) is 1. The predicted octanol–water partition coefficient (Wildman–Crippen LogP) is 6.88. The molecule has 5 aromatic rings. The standard InChI is InChI=1S/C30H26N4O2S/c1-4-34-27-8-6-5-7-24(27)25-17-22(12-16-28(25)34)32-29(35)19(2)37-30-21(18-31)11-15-26(33-30)20-9-13-23(36-3)14-10-20/h5-17,19H,4H2,1-3H3,(H,32,35). The zero-order chi connectivity index (χ0) is 25.9. The minimum Gasteiger partial charge on any atom is -0.497 e. The van der Waals surface area contributed by atoms with Gasteiger partial charge in [0.05, 0.1) is 23.6 Å². The molecule has 0 radical (unpaired) electrons. The van der Waals surface area contributed by atoms with Crippen LogP contribution in [-0.4, -0.2) is 27.8 Å². The first kappa shape index (κ1) is 24.4. The number of nitriles is 1. The Labute approximate surface area is 219 Å². The molecule has 1 N–H and O–H groups in total. The van der Waals surface area contributed by atoms with Gasteiger partial charge in [0.1, 0.15) is 16.8 Å². The molecule has 0 aliphatic carbocycles. The van der Waals surface area contributed by atoms with Gasteiger partial charge < -0.3 is 14.6 Å². The Hall–Kier alpha value is -4.28. The number of ether oxygens (including phenoxy) is 1. The van der Waals surface area contributed by atoms with Gasteiger partial charge in [-0.1, -0.05) is 30.0 Å². The molecule has 1 unspecified atom stereocenters. The summed E-state index contributed by atoms with van der Waals surface area (Å²) in [6.07, 6.45) is 0. The highest BCUT2D eigenvalue weighted by molar-refractivity contribution is 8.00. The van der Waals surface area contributed by atoms with Crippen LogP contribution < -0.4 is 10.1 Å². The summed E-state index contributed by atoms with van der Waals surface area (Å²) in [5, 5.41) is 15.0. The Morgan fingerprint density at radius 2 is 1.81 bits per heavy atom. The number of amides is 1. The van der Waals surface area contributed by atoms with Crippen molar-refractivity contribution in [2.75, 3.05) is 12.4 Å². The van der Waals surface area contributed by atoms with E-state index < -0.39 is 5.25 Å². The maximum atomic E-state index is 13.1. The number of pyridine rings is 1. The zero-order valence-corrected chi connectivity index (χ0v) is 21.7. The number of carbonyl (C=O) groups excluding carboxylic acids is 1. The number of methoxy groups -OCH3 is 1. The molecule has 0 aliphatic heterocycles. The highest BCUT2D eigenvalue weighted by Gasteiger charge is 2.19. The van der Waals surface area contributed by atoms with Crippen molar-refractivity contribution in [2.24, 2.45) is 0 Å². The monoisotopic (exact) mass is 506 g/mol. The van der Waals surface area contributed by atoms with Crippen molar-refractivity contribution in [2.45, 2.75) is 30.7 Å². The van der Waals surface area contributed by atoms with Crippen LogP contribution in [-0.2, 0) is 11.3 Å². The zero-order valence-electron chi connectivity index (χ0n) is 20.9. The Balaban J connectivity index is 1.37. The molecular weight excluding hydrogens is 480 g/mol. The maximum absolute atomic E-state index is 13.1. The molecule has 0 spiro atoms. The van der Waals surface area contributed by atoms with Gasteiger partial charge in [-0.25, -0.2) is 4.98 Å². The van der Waals surface area contributed by atoms with Crippen LogP contribution in [0.5, 0.6) is 5.75 Å². The van der Waals surface area contributed by atoms with Gasteiger partial charge in [0.25, 0.3) is 0 Å². The van der Waals surface area contributed by atoms with E-state index in [1.807, 2.05) is 61.5 Å². The molecule has 6 nitrogen and oxygen atoms in total. The number of anilines is 1. The van der Waals surface area contributed by atoms with Crippen molar-refractivity contribution in [1.29, 1.82) is 5.26 Å². The third-order valence-electron chi connectivity index (χ3n) is 6.38. The molecule has 0 fully saturated rings. The molecule has 0 aliphatic rings. The van der Waals surface area contributed by atoms with Crippen LogP contribution in [0.1, 0.15) is 19.4 Å². The minimum atomic E-state index is -0.460. The van der Waals surface area contributed by atoms with E-state index in [9.17, 15) is 10.1 Å².